The maximum absolute atomic E-state index is 10.0. The fraction of sp³-hybridized carbons (Fsp3) is 0.357. The van der Waals surface area contributed by atoms with Crippen molar-refractivity contribution in [2.24, 2.45) is 5.92 Å². The van der Waals surface area contributed by atoms with Crippen molar-refractivity contribution in [1.29, 1.82) is 0 Å². The van der Waals surface area contributed by atoms with Gasteiger partial charge in [-0.1, -0.05) is 32.0 Å². The molecule has 0 saturated heterocycles. The molecule has 2 nitrogen and oxygen atoms in total. The van der Waals surface area contributed by atoms with Crippen LogP contribution in [0.5, 0.6) is 0 Å². The third-order valence-corrected chi connectivity index (χ3v) is 2.69. The summed E-state index contributed by atoms with van der Waals surface area (Å²) in [5.74, 6) is 0.487. The van der Waals surface area contributed by atoms with Crippen molar-refractivity contribution in [2.45, 2.75) is 26.4 Å². The zero-order chi connectivity index (χ0) is 11.5. The number of aliphatic hydroxyl groups excluding tert-OH is 1. The molecule has 0 aliphatic carbocycles. The summed E-state index contributed by atoms with van der Waals surface area (Å²) in [6.07, 6.45) is 2.15. The number of hydrogen-bond acceptors (Lipinski definition) is 2. The summed E-state index contributed by atoms with van der Waals surface area (Å²) in [6.45, 7) is 4.22. The first-order valence-corrected chi connectivity index (χ1v) is 5.69. The molecule has 0 saturated carbocycles. The van der Waals surface area contributed by atoms with Crippen molar-refractivity contribution in [1.82, 2.24) is 4.98 Å². The van der Waals surface area contributed by atoms with Gasteiger partial charge >= 0.3 is 0 Å². The van der Waals surface area contributed by atoms with E-state index in [1.165, 1.54) is 0 Å². The SMILES string of the molecule is CC(C)CC(O)c1cnc2ccccc2c1. The summed E-state index contributed by atoms with van der Waals surface area (Å²) in [5, 5.41) is 11.1. The third-order valence-electron chi connectivity index (χ3n) is 2.69. The Balaban J connectivity index is 2.32. The molecule has 2 rings (SSSR count). The monoisotopic (exact) mass is 215 g/mol. The second-order valence-electron chi connectivity index (χ2n) is 4.61. The molecular formula is C14H17NO. The lowest BCUT2D eigenvalue weighted by Crippen LogP contribution is -2.02. The van der Waals surface area contributed by atoms with E-state index in [0.717, 1.165) is 22.9 Å². The van der Waals surface area contributed by atoms with Gasteiger partial charge in [0.2, 0.25) is 0 Å². The van der Waals surface area contributed by atoms with Crippen LogP contribution in [0, 0.1) is 5.92 Å². The topological polar surface area (TPSA) is 33.1 Å². The lowest BCUT2D eigenvalue weighted by Gasteiger charge is -2.13. The fourth-order valence-corrected chi connectivity index (χ4v) is 1.85. The molecule has 1 atom stereocenters. The smallest absolute Gasteiger partial charge is 0.0807 e. The Hall–Kier alpha value is -1.41. The number of para-hydroxylation sites is 1. The molecule has 0 spiro atoms. The molecule has 0 bridgehead atoms. The number of rotatable bonds is 3. The van der Waals surface area contributed by atoms with Crippen molar-refractivity contribution < 1.29 is 5.11 Å². The molecule has 1 unspecified atom stereocenters. The standard InChI is InChI=1S/C14H17NO/c1-10(2)7-14(16)12-8-11-5-3-4-6-13(11)15-9-12/h3-6,8-10,14,16H,7H2,1-2H3. The molecule has 2 aromatic rings. The van der Waals surface area contributed by atoms with Crippen LogP contribution in [0.2, 0.25) is 0 Å². The predicted octanol–water partition coefficient (Wildman–Crippen LogP) is 3.31. The van der Waals surface area contributed by atoms with E-state index in [2.05, 4.69) is 18.8 Å². The molecular weight excluding hydrogens is 198 g/mol. The van der Waals surface area contributed by atoms with Crippen LogP contribution in [-0.4, -0.2) is 10.1 Å². The van der Waals surface area contributed by atoms with Gasteiger partial charge in [-0.05, 0) is 30.0 Å². The van der Waals surface area contributed by atoms with E-state index in [-0.39, 0.29) is 0 Å². The molecule has 1 heterocycles. The first kappa shape index (κ1) is 11.1. The maximum Gasteiger partial charge on any atom is 0.0807 e. The van der Waals surface area contributed by atoms with Gasteiger partial charge in [0.05, 0.1) is 11.6 Å². The number of aliphatic hydroxyl groups is 1. The van der Waals surface area contributed by atoms with Crippen LogP contribution in [0.25, 0.3) is 10.9 Å². The Morgan fingerprint density at radius 1 is 1.25 bits per heavy atom. The summed E-state index contributed by atoms with van der Waals surface area (Å²) < 4.78 is 0. The van der Waals surface area contributed by atoms with Crippen molar-refractivity contribution in [3.63, 3.8) is 0 Å². The van der Waals surface area contributed by atoms with Gasteiger partial charge in [0.25, 0.3) is 0 Å². The lowest BCUT2D eigenvalue weighted by molar-refractivity contribution is 0.151. The van der Waals surface area contributed by atoms with Crippen LogP contribution in [0.4, 0.5) is 0 Å². The second kappa shape index (κ2) is 4.62. The van der Waals surface area contributed by atoms with Crippen molar-refractivity contribution in [2.75, 3.05) is 0 Å². The molecule has 1 N–H and O–H groups in total. The Kier molecular flexibility index (Phi) is 3.20. The molecule has 0 fully saturated rings. The molecule has 84 valence electrons. The molecule has 16 heavy (non-hydrogen) atoms. The predicted molar refractivity (Wildman–Crippen MR) is 66.2 cm³/mol. The largest absolute Gasteiger partial charge is 0.388 e. The van der Waals surface area contributed by atoms with E-state index in [1.54, 1.807) is 6.20 Å². The Morgan fingerprint density at radius 2 is 2.00 bits per heavy atom. The summed E-state index contributed by atoms with van der Waals surface area (Å²) in [7, 11) is 0. The van der Waals surface area contributed by atoms with E-state index in [1.807, 2.05) is 30.3 Å². The van der Waals surface area contributed by atoms with E-state index in [9.17, 15) is 5.11 Å². The normalized spacial score (nSPS) is 13.2. The first-order valence-electron chi connectivity index (χ1n) is 5.69. The number of fused-ring (bicyclic) bond motifs is 1. The van der Waals surface area contributed by atoms with E-state index < -0.39 is 6.10 Å². The van der Waals surface area contributed by atoms with Crippen molar-refractivity contribution >= 4 is 10.9 Å². The molecule has 1 aromatic heterocycles. The number of benzene rings is 1. The zero-order valence-corrected chi connectivity index (χ0v) is 9.72. The van der Waals surface area contributed by atoms with Crippen LogP contribution in [0.15, 0.2) is 36.5 Å². The summed E-state index contributed by atoms with van der Waals surface area (Å²) in [4.78, 5) is 4.35. The van der Waals surface area contributed by atoms with Crippen LogP contribution >= 0.6 is 0 Å². The average molecular weight is 215 g/mol. The van der Waals surface area contributed by atoms with E-state index in [0.29, 0.717) is 5.92 Å². The van der Waals surface area contributed by atoms with Gasteiger partial charge in [-0.2, -0.15) is 0 Å². The number of hydrogen-bond donors (Lipinski definition) is 1. The number of aromatic nitrogens is 1. The van der Waals surface area contributed by atoms with Crippen LogP contribution in [0.1, 0.15) is 31.9 Å². The van der Waals surface area contributed by atoms with Gasteiger partial charge in [-0.25, -0.2) is 0 Å². The van der Waals surface area contributed by atoms with Gasteiger partial charge in [0.1, 0.15) is 0 Å². The fourth-order valence-electron chi connectivity index (χ4n) is 1.85. The van der Waals surface area contributed by atoms with Gasteiger partial charge in [-0.15, -0.1) is 0 Å². The van der Waals surface area contributed by atoms with Crippen molar-refractivity contribution in [3.05, 3.63) is 42.1 Å². The van der Waals surface area contributed by atoms with Crippen LogP contribution < -0.4 is 0 Å². The Bertz CT molecular complexity index is 479. The summed E-state index contributed by atoms with van der Waals surface area (Å²) in [5.41, 5.74) is 1.88. The van der Waals surface area contributed by atoms with Crippen LogP contribution in [-0.2, 0) is 0 Å². The molecule has 0 aliphatic heterocycles. The third kappa shape index (κ3) is 2.39. The van der Waals surface area contributed by atoms with Crippen molar-refractivity contribution in [3.8, 4) is 0 Å². The lowest BCUT2D eigenvalue weighted by atomic mass is 10.00. The highest BCUT2D eigenvalue weighted by atomic mass is 16.3. The van der Waals surface area contributed by atoms with Gasteiger partial charge in [0, 0.05) is 11.6 Å². The number of nitrogens with zero attached hydrogens (tertiary/aromatic N) is 1. The Morgan fingerprint density at radius 3 is 2.75 bits per heavy atom. The quantitative estimate of drug-likeness (QED) is 0.852. The molecule has 2 heteroatoms. The minimum absolute atomic E-state index is 0.405. The Labute approximate surface area is 96.0 Å². The zero-order valence-electron chi connectivity index (χ0n) is 9.72. The molecule has 0 amide bonds. The van der Waals surface area contributed by atoms with E-state index >= 15 is 0 Å². The second-order valence-corrected chi connectivity index (χ2v) is 4.61. The minimum Gasteiger partial charge on any atom is -0.388 e. The molecule has 0 aliphatic rings. The average Bonchev–Trinajstić information content (AvgIpc) is 2.27. The van der Waals surface area contributed by atoms with Gasteiger partial charge in [-0.3, -0.25) is 4.98 Å². The van der Waals surface area contributed by atoms with E-state index in [4.69, 9.17) is 0 Å². The summed E-state index contributed by atoms with van der Waals surface area (Å²) in [6, 6.07) is 9.99. The molecule has 0 radical (unpaired) electrons. The highest BCUT2D eigenvalue weighted by Gasteiger charge is 2.10. The summed E-state index contributed by atoms with van der Waals surface area (Å²) >= 11 is 0. The first-order chi connectivity index (χ1) is 7.66. The van der Waals surface area contributed by atoms with Gasteiger partial charge in [0.15, 0.2) is 0 Å². The maximum atomic E-state index is 10.0. The number of pyridine rings is 1. The molecule has 1 aromatic carbocycles. The minimum atomic E-state index is -0.405. The highest BCUT2D eigenvalue weighted by Crippen LogP contribution is 2.23. The van der Waals surface area contributed by atoms with Crippen LogP contribution in [0.3, 0.4) is 0 Å². The van der Waals surface area contributed by atoms with Gasteiger partial charge < -0.3 is 5.11 Å². The highest BCUT2D eigenvalue weighted by molar-refractivity contribution is 5.78.